The number of aliphatic hydroxyl groups is 1. The van der Waals surface area contributed by atoms with Gasteiger partial charge in [0.05, 0.1) is 5.60 Å². The summed E-state index contributed by atoms with van der Waals surface area (Å²) in [4.78, 5) is 27.2. The van der Waals surface area contributed by atoms with Crippen LogP contribution >= 0.6 is 0 Å². The quantitative estimate of drug-likeness (QED) is 0.826. The van der Waals surface area contributed by atoms with Crippen LogP contribution in [0.25, 0.3) is 0 Å². The molecule has 1 saturated heterocycles. The van der Waals surface area contributed by atoms with Gasteiger partial charge >= 0.3 is 5.69 Å². The fourth-order valence-corrected chi connectivity index (χ4v) is 7.40. The van der Waals surface area contributed by atoms with Gasteiger partial charge in [0.25, 0.3) is 0 Å². The molecule has 2 unspecified atom stereocenters. The molecule has 2 heterocycles. The second-order valence-corrected chi connectivity index (χ2v) is 10.2. The van der Waals surface area contributed by atoms with Crippen molar-refractivity contribution >= 4 is 5.91 Å². The third-order valence-corrected chi connectivity index (χ3v) is 7.92. The van der Waals surface area contributed by atoms with Crippen LogP contribution in [0.1, 0.15) is 76.5 Å². The highest BCUT2D eigenvalue weighted by Crippen LogP contribution is 2.62. The highest BCUT2D eigenvalue weighted by Gasteiger charge is 2.57. The number of H-pyrrole nitrogens is 1. The molecule has 4 bridgehead atoms. The number of carbonyl (C=O) groups excluding carboxylic acids is 1. The van der Waals surface area contributed by atoms with E-state index in [-0.39, 0.29) is 22.9 Å². The minimum Gasteiger partial charge on any atom is -0.390 e. The van der Waals surface area contributed by atoms with Gasteiger partial charge in [-0.15, -0.1) is 0 Å². The molecule has 1 amide bonds. The molecule has 28 heavy (non-hydrogen) atoms. The Morgan fingerprint density at radius 1 is 1.29 bits per heavy atom. The normalized spacial score (nSPS) is 39.5. The molecule has 1 aromatic rings. The fraction of sp³-hybridized carbons (Fsp3) is 0.857. The summed E-state index contributed by atoms with van der Waals surface area (Å²) < 4.78 is 1.69. The molecule has 5 fully saturated rings. The summed E-state index contributed by atoms with van der Waals surface area (Å²) in [5.74, 6) is 2.36. The van der Waals surface area contributed by atoms with Crippen molar-refractivity contribution in [1.29, 1.82) is 0 Å². The van der Waals surface area contributed by atoms with Crippen LogP contribution in [0, 0.1) is 17.3 Å². The molecule has 4 saturated carbocycles. The van der Waals surface area contributed by atoms with Gasteiger partial charge in [0, 0.05) is 32.0 Å². The second-order valence-electron chi connectivity index (χ2n) is 10.2. The van der Waals surface area contributed by atoms with Crippen molar-refractivity contribution in [1.82, 2.24) is 19.7 Å². The van der Waals surface area contributed by atoms with E-state index in [2.05, 4.69) is 10.2 Å². The number of aromatic amines is 1. The van der Waals surface area contributed by atoms with E-state index in [1.807, 2.05) is 11.8 Å². The molecule has 4 aliphatic carbocycles. The number of carbonyl (C=O) groups is 1. The maximum atomic E-state index is 13.3. The molecule has 6 rings (SSSR count). The minimum absolute atomic E-state index is 0.0146. The number of nitrogens with zero attached hydrogens (tertiary/aromatic N) is 3. The molecule has 1 aliphatic heterocycles. The lowest BCUT2D eigenvalue weighted by molar-refractivity contribution is -0.172. The van der Waals surface area contributed by atoms with Gasteiger partial charge in [-0.3, -0.25) is 9.36 Å². The second kappa shape index (κ2) is 6.44. The Balaban J connectivity index is 1.30. The predicted molar refractivity (Wildman–Crippen MR) is 104 cm³/mol. The van der Waals surface area contributed by atoms with Crippen LogP contribution < -0.4 is 5.69 Å². The number of hydrogen-bond acceptors (Lipinski definition) is 4. The third kappa shape index (κ3) is 3.02. The van der Waals surface area contributed by atoms with E-state index in [9.17, 15) is 14.7 Å². The highest BCUT2D eigenvalue weighted by molar-refractivity contribution is 5.77. The highest BCUT2D eigenvalue weighted by atomic mass is 16.3. The molecule has 154 valence electrons. The molecule has 0 spiro atoms. The summed E-state index contributed by atoms with van der Waals surface area (Å²) >= 11 is 0. The molecule has 7 heteroatoms. The number of likely N-dealkylation sites (tertiary alicyclic amines) is 1. The topological polar surface area (TPSA) is 91.2 Å². The molecule has 0 aromatic carbocycles. The molecule has 1 aromatic heterocycles. The van der Waals surface area contributed by atoms with E-state index in [0.29, 0.717) is 31.3 Å². The molecule has 2 N–H and O–H groups in total. The zero-order valence-electron chi connectivity index (χ0n) is 16.8. The van der Waals surface area contributed by atoms with Crippen molar-refractivity contribution in [3.05, 3.63) is 16.3 Å². The largest absolute Gasteiger partial charge is 0.390 e. The summed E-state index contributed by atoms with van der Waals surface area (Å²) in [6.45, 7) is 3.99. The summed E-state index contributed by atoms with van der Waals surface area (Å²) in [5.41, 5.74) is -0.662. The first-order valence-corrected chi connectivity index (χ1v) is 11.0. The summed E-state index contributed by atoms with van der Waals surface area (Å²) in [6, 6.07) is 0. The van der Waals surface area contributed by atoms with Crippen molar-refractivity contribution in [3.8, 4) is 0 Å². The molecular weight excluding hydrogens is 356 g/mol. The Bertz CT molecular complexity index is 814. The van der Waals surface area contributed by atoms with Gasteiger partial charge in [-0.25, -0.2) is 9.89 Å². The Hall–Kier alpha value is -1.63. The molecular formula is C21H32N4O3. The van der Waals surface area contributed by atoms with Gasteiger partial charge in [0.1, 0.15) is 5.82 Å². The Morgan fingerprint density at radius 3 is 2.71 bits per heavy atom. The van der Waals surface area contributed by atoms with E-state index in [0.717, 1.165) is 57.3 Å². The van der Waals surface area contributed by atoms with Gasteiger partial charge in [-0.1, -0.05) is 0 Å². The van der Waals surface area contributed by atoms with Crippen LogP contribution in [0.15, 0.2) is 4.79 Å². The lowest BCUT2D eigenvalue weighted by Crippen LogP contribution is -2.57. The van der Waals surface area contributed by atoms with E-state index in [1.54, 1.807) is 4.57 Å². The lowest BCUT2D eigenvalue weighted by Gasteiger charge is -2.60. The zero-order valence-corrected chi connectivity index (χ0v) is 16.8. The van der Waals surface area contributed by atoms with E-state index < -0.39 is 5.60 Å². The number of rotatable bonds is 4. The SMILES string of the molecule is CCn1c([C@@H]2CCCN(C(=O)CC34C[C@@H]5C[C@@H](CC(O)(C5)C3)C4)C2)n[nH]c1=O. The average molecular weight is 389 g/mol. The molecule has 0 radical (unpaired) electrons. The lowest BCUT2D eigenvalue weighted by atomic mass is 9.47. The van der Waals surface area contributed by atoms with Gasteiger partial charge in [-0.2, -0.15) is 5.10 Å². The van der Waals surface area contributed by atoms with Gasteiger partial charge in [-0.05, 0) is 75.5 Å². The summed E-state index contributed by atoms with van der Waals surface area (Å²) in [6.07, 6.45) is 8.66. The predicted octanol–water partition coefficient (Wildman–Crippen LogP) is 2.02. The van der Waals surface area contributed by atoms with Crippen LogP contribution in [0.2, 0.25) is 0 Å². The Morgan fingerprint density at radius 2 is 2.04 bits per heavy atom. The summed E-state index contributed by atoms with van der Waals surface area (Å²) in [7, 11) is 0. The van der Waals surface area contributed by atoms with E-state index >= 15 is 0 Å². The Kier molecular flexibility index (Phi) is 4.23. The number of aromatic nitrogens is 3. The van der Waals surface area contributed by atoms with Crippen molar-refractivity contribution in [2.75, 3.05) is 13.1 Å². The minimum atomic E-state index is -0.513. The van der Waals surface area contributed by atoms with E-state index in [1.165, 1.54) is 6.42 Å². The van der Waals surface area contributed by atoms with Gasteiger partial charge in [0.15, 0.2) is 0 Å². The first-order chi connectivity index (χ1) is 13.4. The molecule has 5 atom stereocenters. The van der Waals surface area contributed by atoms with Crippen LogP contribution in [-0.4, -0.2) is 49.4 Å². The van der Waals surface area contributed by atoms with Crippen LogP contribution in [0.5, 0.6) is 0 Å². The molecule has 5 aliphatic rings. The number of hydrogen-bond donors (Lipinski definition) is 2. The van der Waals surface area contributed by atoms with Crippen molar-refractivity contribution in [2.45, 2.75) is 82.8 Å². The fourth-order valence-electron chi connectivity index (χ4n) is 7.40. The monoisotopic (exact) mass is 388 g/mol. The number of piperidine rings is 1. The number of amides is 1. The maximum absolute atomic E-state index is 13.3. The zero-order chi connectivity index (χ0) is 19.5. The average Bonchev–Trinajstić information content (AvgIpc) is 3.00. The van der Waals surface area contributed by atoms with E-state index in [4.69, 9.17) is 0 Å². The third-order valence-electron chi connectivity index (χ3n) is 7.92. The first-order valence-electron chi connectivity index (χ1n) is 11.0. The van der Waals surface area contributed by atoms with Crippen molar-refractivity contribution in [2.24, 2.45) is 17.3 Å². The van der Waals surface area contributed by atoms with Crippen LogP contribution in [0.4, 0.5) is 0 Å². The van der Waals surface area contributed by atoms with Crippen molar-refractivity contribution < 1.29 is 9.90 Å². The maximum Gasteiger partial charge on any atom is 0.343 e. The van der Waals surface area contributed by atoms with Gasteiger partial charge < -0.3 is 10.0 Å². The van der Waals surface area contributed by atoms with Crippen LogP contribution in [-0.2, 0) is 11.3 Å². The van der Waals surface area contributed by atoms with Crippen LogP contribution in [0.3, 0.4) is 0 Å². The number of nitrogens with one attached hydrogen (secondary N) is 1. The molecule has 7 nitrogen and oxygen atoms in total. The van der Waals surface area contributed by atoms with Gasteiger partial charge in [0.2, 0.25) is 5.91 Å². The smallest absolute Gasteiger partial charge is 0.343 e. The first kappa shape index (κ1) is 18.4. The van der Waals surface area contributed by atoms with Crippen molar-refractivity contribution in [3.63, 3.8) is 0 Å². The Labute approximate surface area is 165 Å². The summed E-state index contributed by atoms with van der Waals surface area (Å²) in [5, 5.41) is 17.8. The standard InChI is InChI=1S/C21H32N4O3/c1-2-25-18(22-23-19(25)27)16-4-3-5-24(12-16)17(26)11-20-7-14-6-15(8-20)10-21(28,9-14)13-20/h14-16,28H,2-13H2,1H3,(H,23,27)/t14-,15+,16-,20?,21?/m1/s1.